The third kappa shape index (κ3) is 5.12. The van der Waals surface area contributed by atoms with Crippen LogP contribution in [0.5, 0.6) is 0 Å². The molecule has 1 fully saturated rings. The summed E-state index contributed by atoms with van der Waals surface area (Å²) >= 11 is 6.04. The van der Waals surface area contributed by atoms with E-state index in [4.69, 9.17) is 11.6 Å². The summed E-state index contributed by atoms with van der Waals surface area (Å²) in [5.74, 6) is -0.741. The zero-order chi connectivity index (χ0) is 26.3. The van der Waals surface area contributed by atoms with Gasteiger partial charge in [-0.1, -0.05) is 48.0 Å². The molecule has 2 heterocycles. The molecule has 1 aromatic carbocycles. The number of alkyl halides is 4. The van der Waals surface area contributed by atoms with Crippen LogP contribution < -0.4 is 4.90 Å². The predicted molar refractivity (Wildman–Crippen MR) is 129 cm³/mol. The van der Waals surface area contributed by atoms with E-state index in [0.29, 0.717) is 11.8 Å². The van der Waals surface area contributed by atoms with Gasteiger partial charge in [0.05, 0.1) is 10.6 Å². The minimum atomic E-state index is -4.58. The average Bonchev–Trinajstić information content (AvgIpc) is 2.83. The Balaban J connectivity index is 1.56. The number of piperazine rings is 1. The number of benzene rings is 1. The summed E-state index contributed by atoms with van der Waals surface area (Å²) in [6.45, 7) is 0.394. The van der Waals surface area contributed by atoms with Gasteiger partial charge in [0.25, 0.3) is 5.91 Å². The van der Waals surface area contributed by atoms with Crippen LogP contribution in [0.3, 0.4) is 0 Å². The second kappa shape index (κ2) is 9.51. The van der Waals surface area contributed by atoms with Gasteiger partial charge in [0.1, 0.15) is 5.82 Å². The standard InChI is InChI=1S/C24H22ClF4N3O3S/c1-36(34,35)18-7-8-19(16-5-3-2-4-6-16)23(26,14-18)22(33)32-11-9-31(10-12-32)21-20(25)13-17(15-30-21)24(27,28)29/h2-8,13,15H,9-12,14H2,1H3. The van der Waals surface area contributed by atoms with Crippen molar-refractivity contribution in [3.05, 3.63) is 75.8 Å². The molecule has 6 nitrogen and oxygen atoms in total. The topological polar surface area (TPSA) is 70.6 Å². The molecule has 2 aliphatic rings. The Bertz CT molecular complexity index is 1340. The zero-order valence-electron chi connectivity index (χ0n) is 19.1. The lowest BCUT2D eigenvalue weighted by Gasteiger charge is -2.40. The lowest BCUT2D eigenvalue weighted by atomic mass is 9.82. The van der Waals surface area contributed by atoms with E-state index in [1.165, 1.54) is 17.1 Å². The van der Waals surface area contributed by atoms with Crippen LogP contribution in [0, 0.1) is 0 Å². The quantitative estimate of drug-likeness (QED) is 0.530. The average molecular weight is 544 g/mol. The Morgan fingerprint density at radius 3 is 2.28 bits per heavy atom. The van der Waals surface area contributed by atoms with Gasteiger partial charge < -0.3 is 9.80 Å². The number of pyridine rings is 1. The number of sulfone groups is 1. The maximum Gasteiger partial charge on any atom is 0.417 e. The van der Waals surface area contributed by atoms with Crippen molar-refractivity contribution in [2.45, 2.75) is 18.3 Å². The van der Waals surface area contributed by atoms with E-state index in [1.54, 1.807) is 35.2 Å². The van der Waals surface area contributed by atoms with Crippen molar-refractivity contribution < 1.29 is 30.8 Å². The number of aromatic nitrogens is 1. The second-order valence-corrected chi connectivity index (χ2v) is 11.1. The van der Waals surface area contributed by atoms with Crippen LogP contribution >= 0.6 is 11.6 Å². The van der Waals surface area contributed by atoms with Crippen molar-refractivity contribution in [1.82, 2.24) is 9.88 Å². The summed E-state index contributed by atoms with van der Waals surface area (Å²) in [4.78, 5) is 20.1. The van der Waals surface area contributed by atoms with Gasteiger partial charge in [-0.15, -0.1) is 0 Å². The molecule has 12 heteroatoms. The molecule has 2 aromatic rings. The van der Waals surface area contributed by atoms with Crippen LogP contribution in [0.4, 0.5) is 23.4 Å². The highest BCUT2D eigenvalue weighted by Crippen LogP contribution is 2.42. The number of carbonyl (C=O) groups excluding carboxylic acids is 1. The van der Waals surface area contributed by atoms with E-state index < -0.39 is 39.6 Å². The monoisotopic (exact) mass is 543 g/mol. The number of halogens is 5. The number of anilines is 1. The number of carbonyl (C=O) groups is 1. The molecule has 1 aliphatic carbocycles. The van der Waals surface area contributed by atoms with Crippen molar-refractivity contribution in [2.24, 2.45) is 0 Å². The highest BCUT2D eigenvalue weighted by Gasteiger charge is 2.49. The summed E-state index contributed by atoms with van der Waals surface area (Å²) in [6, 6.07) is 9.20. The fourth-order valence-electron chi connectivity index (χ4n) is 4.28. The maximum atomic E-state index is 16.6. The normalized spacial score (nSPS) is 21.2. The first-order valence-electron chi connectivity index (χ1n) is 10.9. The summed E-state index contributed by atoms with van der Waals surface area (Å²) < 4.78 is 79.6. The molecule has 1 atom stereocenters. The molecule has 192 valence electrons. The Labute approximate surface area is 210 Å². The van der Waals surface area contributed by atoms with Gasteiger partial charge in [-0.3, -0.25) is 4.79 Å². The number of allylic oxidation sites excluding steroid dienone is 3. The van der Waals surface area contributed by atoms with Gasteiger partial charge in [0.2, 0.25) is 5.67 Å². The predicted octanol–water partition coefficient (Wildman–Crippen LogP) is 4.53. The van der Waals surface area contributed by atoms with Crippen LogP contribution in [0.15, 0.2) is 59.7 Å². The van der Waals surface area contributed by atoms with Gasteiger partial charge in [0.15, 0.2) is 9.84 Å². The number of rotatable bonds is 4. The molecule has 0 saturated carbocycles. The first-order valence-corrected chi connectivity index (χ1v) is 13.2. The first kappa shape index (κ1) is 26.2. The van der Waals surface area contributed by atoms with E-state index >= 15 is 4.39 Å². The minimum absolute atomic E-state index is 0.0452. The van der Waals surface area contributed by atoms with Gasteiger partial charge in [0, 0.05) is 55.5 Å². The number of hydrogen-bond acceptors (Lipinski definition) is 5. The molecule has 4 rings (SSSR count). The van der Waals surface area contributed by atoms with E-state index in [1.807, 2.05) is 0 Å². The number of hydrogen-bond donors (Lipinski definition) is 0. The SMILES string of the molecule is CS(=O)(=O)C1=CC=C(c2ccccc2)C(F)(C(=O)N2CCN(c3ncc(C(F)(F)F)cc3Cl)CC2)C1. The molecule has 0 radical (unpaired) electrons. The van der Waals surface area contributed by atoms with Crippen molar-refractivity contribution in [3.63, 3.8) is 0 Å². The molecular formula is C24H22ClF4N3O3S. The number of nitrogens with zero attached hydrogens (tertiary/aromatic N) is 3. The van der Waals surface area contributed by atoms with Gasteiger partial charge in [-0.2, -0.15) is 13.2 Å². The molecule has 36 heavy (non-hydrogen) atoms. The van der Waals surface area contributed by atoms with E-state index in [9.17, 15) is 26.4 Å². The van der Waals surface area contributed by atoms with Gasteiger partial charge in [-0.05, 0) is 17.7 Å². The van der Waals surface area contributed by atoms with Crippen molar-refractivity contribution in [2.75, 3.05) is 37.3 Å². The van der Waals surface area contributed by atoms with Crippen LogP contribution in [0.1, 0.15) is 17.5 Å². The summed E-state index contributed by atoms with van der Waals surface area (Å²) in [7, 11) is -3.74. The van der Waals surface area contributed by atoms with Crippen molar-refractivity contribution >= 4 is 38.7 Å². The highest BCUT2D eigenvalue weighted by atomic mass is 35.5. The lowest BCUT2D eigenvalue weighted by molar-refractivity contribution is -0.140. The molecule has 0 spiro atoms. The Morgan fingerprint density at radius 1 is 1.08 bits per heavy atom. The molecule has 0 bridgehead atoms. The zero-order valence-corrected chi connectivity index (χ0v) is 20.7. The second-order valence-electron chi connectivity index (χ2n) is 8.64. The largest absolute Gasteiger partial charge is 0.417 e. The van der Waals surface area contributed by atoms with Crippen molar-refractivity contribution in [3.8, 4) is 0 Å². The highest BCUT2D eigenvalue weighted by molar-refractivity contribution is 7.94. The maximum absolute atomic E-state index is 16.6. The Kier molecular flexibility index (Phi) is 6.91. The Hall–Kier alpha value is -2.92. The molecule has 0 N–H and O–H groups in total. The minimum Gasteiger partial charge on any atom is -0.352 e. The van der Waals surface area contributed by atoms with E-state index in [2.05, 4.69) is 4.98 Å². The van der Waals surface area contributed by atoms with Crippen LogP contribution in [-0.2, 0) is 20.8 Å². The van der Waals surface area contributed by atoms with Crippen LogP contribution in [-0.4, -0.2) is 62.3 Å². The molecular weight excluding hydrogens is 522 g/mol. The van der Waals surface area contributed by atoms with E-state index in [0.717, 1.165) is 12.3 Å². The van der Waals surface area contributed by atoms with Gasteiger partial charge in [-0.25, -0.2) is 17.8 Å². The molecule has 1 amide bonds. The molecule has 1 aromatic heterocycles. The third-order valence-corrected chi connectivity index (χ3v) is 7.71. The summed E-state index contributed by atoms with van der Waals surface area (Å²) in [5, 5.41) is -0.184. The van der Waals surface area contributed by atoms with Crippen LogP contribution in [0.25, 0.3) is 5.57 Å². The first-order chi connectivity index (χ1) is 16.8. The summed E-state index contributed by atoms with van der Waals surface area (Å²) in [6.07, 6.45) is -0.914. The molecule has 1 aliphatic heterocycles. The summed E-state index contributed by atoms with van der Waals surface area (Å²) in [5.41, 5.74) is -3.07. The van der Waals surface area contributed by atoms with E-state index in [-0.39, 0.29) is 47.5 Å². The Morgan fingerprint density at radius 2 is 1.72 bits per heavy atom. The molecule has 1 unspecified atom stereocenters. The van der Waals surface area contributed by atoms with Crippen molar-refractivity contribution in [1.29, 1.82) is 0 Å². The van der Waals surface area contributed by atoms with Gasteiger partial charge >= 0.3 is 6.18 Å². The number of amides is 1. The lowest BCUT2D eigenvalue weighted by Crippen LogP contribution is -2.55. The van der Waals surface area contributed by atoms with Crippen LogP contribution in [0.2, 0.25) is 5.02 Å². The third-order valence-electron chi connectivity index (χ3n) is 6.20. The molecule has 1 saturated heterocycles. The fourth-order valence-corrected chi connectivity index (χ4v) is 5.34. The smallest absolute Gasteiger partial charge is 0.352 e. The fraction of sp³-hybridized carbons (Fsp3) is 0.333.